The van der Waals surface area contributed by atoms with Gasteiger partial charge in [0.1, 0.15) is 0 Å². The molecule has 1 fully saturated rings. The molecule has 0 radical (unpaired) electrons. The second-order valence-electron chi connectivity index (χ2n) is 5.36. The average Bonchev–Trinajstić information content (AvgIpc) is 3.21. The quantitative estimate of drug-likeness (QED) is 0.798. The predicted molar refractivity (Wildman–Crippen MR) is 76.8 cm³/mol. The van der Waals surface area contributed by atoms with Gasteiger partial charge in [0.05, 0.1) is 0 Å². The Labute approximate surface area is 114 Å². The molecule has 1 aliphatic rings. The highest BCUT2D eigenvalue weighted by molar-refractivity contribution is 5.85. The van der Waals surface area contributed by atoms with Crippen LogP contribution in [0.4, 0.5) is 0 Å². The third-order valence-corrected chi connectivity index (χ3v) is 3.88. The molecule has 3 heteroatoms. The van der Waals surface area contributed by atoms with Gasteiger partial charge in [-0.05, 0) is 49.9 Å². The van der Waals surface area contributed by atoms with Crippen LogP contribution >= 0.6 is 0 Å². The van der Waals surface area contributed by atoms with Crippen molar-refractivity contribution in [2.24, 2.45) is 5.92 Å². The van der Waals surface area contributed by atoms with E-state index in [1.807, 2.05) is 18.2 Å². The Kier molecular flexibility index (Phi) is 4.38. The number of benzene rings is 1. The van der Waals surface area contributed by atoms with Crippen molar-refractivity contribution in [3.63, 3.8) is 0 Å². The van der Waals surface area contributed by atoms with Crippen molar-refractivity contribution in [3.05, 3.63) is 41.5 Å². The number of carboxylic acid groups (broad SMARTS) is 1. The molecule has 19 heavy (non-hydrogen) atoms. The Balaban J connectivity index is 2.08. The third kappa shape index (κ3) is 3.93. The van der Waals surface area contributed by atoms with E-state index >= 15 is 0 Å². The normalized spacial score (nSPS) is 17.0. The third-order valence-electron chi connectivity index (χ3n) is 3.88. The lowest BCUT2D eigenvalue weighted by atomic mass is 10.1. The molecule has 1 aromatic rings. The van der Waals surface area contributed by atoms with E-state index in [-0.39, 0.29) is 0 Å². The Hall–Kier alpha value is -1.61. The molecule has 0 bridgehead atoms. The van der Waals surface area contributed by atoms with E-state index < -0.39 is 5.97 Å². The number of aliphatic carboxylic acids is 1. The summed E-state index contributed by atoms with van der Waals surface area (Å²) in [5.41, 5.74) is 2.16. The van der Waals surface area contributed by atoms with Gasteiger partial charge in [0.2, 0.25) is 0 Å². The van der Waals surface area contributed by atoms with Gasteiger partial charge in [-0.25, -0.2) is 4.79 Å². The maximum atomic E-state index is 10.6. The average molecular weight is 259 g/mol. The lowest BCUT2D eigenvalue weighted by Gasteiger charge is -2.25. The fraction of sp³-hybridized carbons (Fsp3) is 0.438. The fourth-order valence-electron chi connectivity index (χ4n) is 2.35. The van der Waals surface area contributed by atoms with Crippen molar-refractivity contribution in [1.82, 2.24) is 4.90 Å². The van der Waals surface area contributed by atoms with E-state index in [1.165, 1.54) is 24.5 Å². The number of nitrogens with zero attached hydrogens (tertiary/aromatic N) is 1. The number of carbonyl (C=O) groups is 1. The van der Waals surface area contributed by atoms with Gasteiger partial charge >= 0.3 is 5.97 Å². The molecular formula is C16H21NO2. The SMILES string of the molecule is CC(C1CC1)N(C)Cc1ccccc1C=CC(=O)O. The molecule has 0 heterocycles. The zero-order chi connectivity index (χ0) is 13.8. The van der Waals surface area contributed by atoms with Crippen LogP contribution in [-0.4, -0.2) is 29.1 Å². The van der Waals surface area contributed by atoms with Crippen molar-refractivity contribution in [2.75, 3.05) is 7.05 Å². The summed E-state index contributed by atoms with van der Waals surface area (Å²) in [7, 11) is 2.14. The Morgan fingerprint density at radius 3 is 2.79 bits per heavy atom. The van der Waals surface area contributed by atoms with Gasteiger partial charge in [0, 0.05) is 18.7 Å². The number of hydrogen-bond acceptors (Lipinski definition) is 2. The van der Waals surface area contributed by atoms with Crippen LogP contribution < -0.4 is 0 Å². The first kappa shape index (κ1) is 13.8. The van der Waals surface area contributed by atoms with E-state index in [1.54, 1.807) is 6.08 Å². The molecule has 102 valence electrons. The van der Waals surface area contributed by atoms with Crippen LogP contribution in [0.5, 0.6) is 0 Å². The van der Waals surface area contributed by atoms with E-state index in [2.05, 4.69) is 24.9 Å². The Morgan fingerprint density at radius 2 is 2.16 bits per heavy atom. The van der Waals surface area contributed by atoms with E-state index in [0.29, 0.717) is 6.04 Å². The minimum atomic E-state index is -0.908. The maximum absolute atomic E-state index is 10.6. The van der Waals surface area contributed by atoms with Gasteiger partial charge in [-0.1, -0.05) is 24.3 Å². The standard InChI is InChI=1S/C16H21NO2/c1-12(13-7-8-13)17(2)11-15-6-4-3-5-14(15)9-10-16(18)19/h3-6,9-10,12-13H,7-8,11H2,1-2H3,(H,18,19). The van der Waals surface area contributed by atoms with E-state index in [0.717, 1.165) is 18.0 Å². The second kappa shape index (κ2) is 6.02. The molecule has 1 aliphatic carbocycles. The largest absolute Gasteiger partial charge is 0.478 e. The monoisotopic (exact) mass is 259 g/mol. The molecule has 2 rings (SSSR count). The molecular weight excluding hydrogens is 238 g/mol. The topological polar surface area (TPSA) is 40.5 Å². The van der Waals surface area contributed by atoms with Gasteiger partial charge in [0.25, 0.3) is 0 Å². The van der Waals surface area contributed by atoms with E-state index in [9.17, 15) is 4.79 Å². The smallest absolute Gasteiger partial charge is 0.328 e. The van der Waals surface area contributed by atoms with Crippen molar-refractivity contribution >= 4 is 12.0 Å². The molecule has 0 aromatic heterocycles. The van der Waals surface area contributed by atoms with E-state index in [4.69, 9.17) is 5.11 Å². The van der Waals surface area contributed by atoms with Crippen molar-refractivity contribution in [1.29, 1.82) is 0 Å². The van der Waals surface area contributed by atoms with Gasteiger partial charge in [-0.3, -0.25) is 4.90 Å². The number of rotatable bonds is 6. The minimum absolute atomic E-state index is 0.594. The molecule has 0 saturated heterocycles. The lowest BCUT2D eigenvalue weighted by molar-refractivity contribution is -0.131. The van der Waals surface area contributed by atoms with Crippen molar-refractivity contribution in [2.45, 2.75) is 32.4 Å². The first-order chi connectivity index (χ1) is 9.08. The molecule has 3 nitrogen and oxygen atoms in total. The summed E-state index contributed by atoms with van der Waals surface area (Å²) < 4.78 is 0. The van der Waals surface area contributed by atoms with Gasteiger partial charge < -0.3 is 5.11 Å². The van der Waals surface area contributed by atoms with Gasteiger partial charge in [0.15, 0.2) is 0 Å². The number of carboxylic acids is 1. The maximum Gasteiger partial charge on any atom is 0.328 e. The number of hydrogen-bond donors (Lipinski definition) is 1. The van der Waals surface area contributed by atoms with Crippen LogP contribution in [0, 0.1) is 5.92 Å². The molecule has 1 aromatic carbocycles. The summed E-state index contributed by atoms with van der Waals surface area (Å²) in [6, 6.07) is 8.57. The summed E-state index contributed by atoms with van der Waals surface area (Å²) in [4.78, 5) is 13.0. The summed E-state index contributed by atoms with van der Waals surface area (Å²) in [5.74, 6) is -0.0683. The molecule has 0 spiro atoms. The highest BCUT2D eigenvalue weighted by Gasteiger charge is 2.30. The zero-order valence-corrected chi connectivity index (χ0v) is 11.5. The molecule has 1 N–H and O–H groups in total. The summed E-state index contributed by atoms with van der Waals surface area (Å²) in [6.45, 7) is 3.13. The molecule has 1 atom stereocenters. The van der Waals surface area contributed by atoms with Crippen LogP contribution in [0.2, 0.25) is 0 Å². The fourth-order valence-corrected chi connectivity index (χ4v) is 2.35. The summed E-state index contributed by atoms with van der Waals surface area (Å²) >= 11 is 0. The first-order valence-corrected chi connectivity index (χ1v) is 6.77. The van der Waals surface area contributed by atoms with Gasteiger partial charge in [-0.2, -0.15) is 0 Å². The lowest BCUT2D eigenvalue weighted by Crippen LogP contribution is -2.30. The Bertz CT molecular complexity index is 477. The Morgan fingerprint density at radius 1 is 1.47 bits per heavy atom. The highest BCUT2D eigenvalue weighted by Crippen LogP contribution is 2.35. The molecule has 1 unspecified atom stereocenters. The van der Waals surface area contributed by atoms with Crippen LogP contribution in [-0.2, 0) is 11.3 Å². The second-order valence-corrected chi connectivity index (χ2v) is 5.36. The first-order valence-electron chi connectivity index (χ1n) is 6.77. The van der Waals surface area contributed by atoms with Crippen LogP contribution in [0.25, 0.3) is 6.08 Å². The van der Waals surface area contributed by atoms with Gasteiger partial charge in [-0.15, -0.1) is 0 Å². The predicted octanol–water partition coefficient (Wildman–Crippen LogP) is 3.01. The molecule has 1 saturated carbocycles. The van der Waals surface area contributed by atoms with Crippen molar-refractivity contribution < 1.29 is 9.90 Å². The van der Waals surface area contributed by atoms with Crippen LogP contribution in [0.15, 0.2) is 30.3 Å². The zero-order valence-electron chi connectivity index (χ0n) is 11.5. The minimum Gasteiger partial charge on any atom is -0.478 e. The molecule has 0 amide bonds. The summed E-state index contributed by atoms with van der Waals surface area (Å²) in [6.07, 6.45) is 5.55. The van der Waals surface area contributed by atoms with Crippen molar-refractivity contribution in [3.8, 4) is 0 Å². The highest BCUT2D eigenvalue weighted by atomic mass is 16.4. The van der Waals surface area contributed by atoms with Crippen LogP contribution in [0.1, 0.15) is 30.9 Å². The molecule has 0 aliphatic heterocycles. The summed E-state index contributed by atoms with van der Waals surface area (Å²) in [5, 5.41) is 8.72. The van der Waals surface area contributed by atoms with Crippen LogP contribution in [0.3, 0.4) is 0 Å².